The van der Waals surface area contributed by atoms with Crippen LogP contribution in [0, 0.1) is 0 Å². The molecule has 0 aliphatic carbocycles. The van der Waals surface area contributed by atoms with E-state index in [0.717, 1.165) is 36.2 Å². The molecule has 3 aromatic carbocycles. The number of piperazine rings is 1. The summed E-state index contributed by atoms with van der Waals surface area (Å²) in [5, 5.41) is 0. The van der Waals surface area contributed by atoms with Crippen molar-refractivity contribution >= 4 is 5.91 Å². The van der Waals surface area contributed by atoms with Gasteiger partial charge in [-0.2, -0.15) is 0 Å². The van der Waals surface area contributed by atoms with Gasteiger partial charge in [-0.3, -0.25) is 9.69 Å². The first kappa shape index (κ1) is 24.1. The summed E-state index contributed by atoms with van der Waals surface area (Å²) >= 11 is 0. The number of nitrogens with two attached hydrogens (primary N) is 1. The van der Waals surface area contributed by atoms with E-state index in [-0.39, 0.29) is 11.9 Å². The number of likely N-dealkylation sites (N-methyl/N-ethyl adjacent to an activating group) is 2. The minimum atomic E-state index is -1.07. The molecule has 1 unspecified atom stereocenters. The molecule has 178 valence electrons. The van der Waals surface area contributed by atoms with E-state index in [1.54, 1.807) is 19.0 Å². The molecule has 5 nitrogen and oxygen atoms in total. The maximum absolute atomic E-state index is 13.2. The lowest BCUT2D eigenvalue weighted by Gasteiger charge is -2.48. The topological polar surface area (TPSA) is 49.6 Å². The number of carbonyl (C=O) groups excluding carboxylic acids is 1. The minimum absolute atomic E-state index is 0.0621. The van der Waals surface area contributed by atoms with Crippen LogP contribution in [0.3, 0.4) is 0 Å². The van der Waals surface area contributed by atoms with Crippen molar-refractivity contribution < 1.29 is 9.28 Å². The van der Waals surface area contributed by atoms with Gasteiger partial charge in [-0.05, 0) is 5.56 Å². The number of hydrogen-bond acceptors (Lipinski definition) is 3. The van der Waals surface area contributed by atoms with E-state index in [2.05, 4.69) is 72.6 Å². The van der Waals surface area contributed by atoms with Gasteiger partial charge < -0.3 is 15.1 Å². The van der Waals surface area contributed by atoms with Gasteiger partial charge in [0.05, 0.1) is 20.1 Å². The Bertz CT molecular complexity index is 1020. The number of quaternary nitrogens is 1. The van der Waals surface area contributed by atoms with Crippen LogP contribution in [-0.2, 0) is 10.3 Å². The summed E-state index contributed by atoms with van der Waals surface area (Å²) in [5.41, 5.74) is 9.34. The molecule has 0 saturated carbocycles. The fourth-order valence-electron chi connectivity index (χ4n) is 5.33. The Morgan fingerprint density at radius 1 is 0.882 bits per heavy atom. The lowest BCUT2D eigenvalue weighted by Crippen LogP contribution is -2.63. The normalized spacial score (nSPS) is 17.8. The van der Waals surface area contributed by atoms with E-state index in [0.29, 0.717) is 6.54 Å². The number of nitrogens with zero attached hydrogens (tertiary/aromatic N) is 3. The molecule has 1 fully saturated rings. The molecule has 0 radical (unpaired) electrons. The summed E-state index contributed by atoms with van der Waals surface area (Å²) in [6.45, 7) is 4.25. The summed E-state index contributed by atoms with van der Waals surface area (Å²) in [6.07, 6.45) is 0. The van der Waals surface area contributed by atoms with E-state index in [1.165, 1.54) is 11.1 Å². The first-order chi connectivity index (χ1) is 16.3. The van der Waals surface area contributed by atoms with Crippen molar-refractivity contribution in [2.24, 2.45) is 5.73 Å². The van der Waals surface area contributed by atoms with Crippen molar-refractivity contribution in [2.75, 3.05) is 53.9 Å². The van der Waals surface area contributed by atoms with Gasteiger partial charge in [0.1, 0.15) is 11.6 Å². The molecule has 34 heavy (non-hydrogen) atoms. The van der Waals surface area contributed by atoms with Crippen molar-refractivity contribution in [1.29, 1.82) is 0 Å². The van der Waals surface area contributed by atoms with Crippen molar-refractivity contribution in [3.05, 3.63) is 108 Å². The van der Waals surface area contributed by atoms with E-state index < -0.39 is 5.54 Å². The van der Waals surface area contributed by atoms with Crippen LogP contribution >= 0.6 is 0 Å². The molecule has 1 aliphatic rings. The fraction of sp³-hybridized carbons (Fsp3) is 0.345. The first-order valence-corrected chi connectivity index (χ1v) is 12.1. The lowest BCUT2D eigenvalue weighted by molar-refractivity contribution is -0.937. The van der Waals surface area contributed by atoms with Crippen LogP contribution in [0.4, 0.5) is 0 Å². The highest BCUT2D eigenvalue weighted by Crippen LogP contribution is 2.35. The molecule has 1 saturated heterocycles. The quantitative estimate of drug-likeness (QED) is 0.553. The Morgan fingerprint density at radius 3 is 1.76 bits per heavy atom. The Kier molecular flexibility index (Phi) is 7.17. The van der Waals surface area contributed by atoms with E-state index in [1.807, 2.05) is 30.3 Å². The highest BCUT2D eigenvalue weighted by molar-refractivity contribution is 5.87. The lowest BCUT2D eigenvalue weighted by atomic mass is 9.88. The molecular formula is C29H37N4O+. The van der Waals surface area contributed by atoms with Gasteiger partial charge in [-0.1, -0.05) is 91.0 Å². The molecule has 1 aliphatic heterocycles. The number of benzene rings is 3. The molecule has 4 rings (SSSR count). The molecular weight excluding hydrogens is 420 g/mol. The third-order valence-corrected chi connectivity index (χ3v) is 7.26. The smallest absolute Gasteiger partial charge is 0.248 e. The predicted molar refractivity (Wildman–Crippen MR) is 138 cm³/mol. The van der Waals surface area contributed by atoms with Gasteiger partial charge in [0.2, 0.25) is 5.91 Å². The Balaban J connectivity index is 1.56. The van der Waals surface area contributed by atoms with Crippen LogP contribution in [0.5, 0.6) is 0 Å². The second-order valence-electron chi connectivity index (χ2n) is 9.96. The van der Waals surface area contributed by atoms with Crippen LogP contribution in [0.25, 0.3) is 0 Å². The molecule has 1 heterocycles. The second-order valence-corrected chi connectivity index (χ2v) is 9.96. The summed E-state index contributed by atoms with van der Waals surface area (Å²) in [5.74, 6) is -0.0621. The second kappa shape index (κ2) is 10.1. The largest absolute Gasteiger partial charge is 0.347 e. The molecule has 2 N–H and O–H groups in total. The monoisotopic (exact) mass is 457 g/mol. The Labute approximate surface area is 204 Å². The Morgan fingerprint density at radius 2 is 1.32 bits per heavy atom. The van der Waals surface area contributed by atoms with Crippen molar-refractivity contribution in [3.8, 4) is 0 Å². The van der Waals surface area contributed by atoms with E-state index in [9.17, 15) is 4.79 Å². The third-order valence-electron chi connectivity index (χ3n) is 7.26. The third kappa shape index (κ3) is 4.92. The summed E-state index contributed by atoms with van der Waals surface area (Å²) < 4.78 is 0.926. The van der Waals surface area contributed by atoms with Gasteiger partial charge >= 0.3 is 0 Å². The van der Waals surface area contributed by atoms with E-state index in [4.69, 9.17) is 5.73 Å². The van der Waals surface area contributed by atoms with Gasteiger partial charge in [0.15, 0.2) is 0 Å². The molecule has 5 heteroatoms. The number of amides is 1. The maximum Gasteiger partial charge on any atom is 0.248 e. The molecule has 0 bridgehead atoms. The van der Waals surface area contributed by atoms with Crippen LogP contribution < -0.4 is 5.73 Å². The fourth-order valence-corrected chi connectivity index (χ4v) is 5.33. The zero-order valence-electron chi connectivity index (χ0n) is 20.6. The number of carbonyl (C=O) groups is 1. The Hall–Kier alpha value is -2.99. The first-order valence-electron chi connectivity index (χ1n) is 12.1. The zero-order chi connectivity index (χ0) is 24.2. The minimum Gasteiger partial charge on any atom is -0.347 e. The number of rotatable bonds is 7. The predicted octanol–water partition coefficient (Wildman–Crippen LogP) is 3.48. The van der Waals surface area contributed by atoms with Gasteiger partial charge in [0.25, 0.3) is 0 Å². The average molecular weight is 458 g/mol. The van der Waals surface area contributed by atoms with E-state index >= 15 is 0 Å². The van der Waals surface area contributed by atoms with Crippen LogP contribution in [0.1, 0.15) is 22.7 Å². The van der Waals surface area contributed by atoms with Gasteiger partial charge in [0, 0.05) is 44.9 Å². The summed E-state index contributed by atoms with van der Waals surface area (Å²) in [4.78, 5) is 17.2. The average Bonchev–Trinajstić information content (AvgIpc) is 2.87. The highest BCUT2D eigenvalue weighted by Gasteiger charge is 2.43. The number of hydrogen-bond donors (Lipinski definition) is 1. The van der Waals surface area contributed by atoms with Crippen LogP contribution in [-0.4, -0.2) is 74.1 Å². The summed E-state index contributed by atoms with van der Waals surface area (Å²) in [6, 6.07) is 31.7. The molecule has 1 amide bonds. The zero-order valence-corrected chi connectivity index (χ0v) is 20.6. The SMILES string of the molecule is CN(C)C(=O)C(N)(CN1CC[N+](C)(C(c2ccccc2)c2ccccc2)CC1)c1ccccc1. The van der Waals surface area contributed by atoms with Crippen molar-refractivity contribution in [3.63, 3.8) is 0 Å². The van der Waals surface area contributed by atoms with Crippen LogP contribution in [0.15, 0.2) is 91.0 Å². The molecule has 1 atom stereocenters. The van der Waals surface area contributed by atoms with Crippen LogP contribution in [0.2, 0.25) is 0 Å². The highest BCUT2D eigenvalue weighted by atomic mass is 16.2. The van der Waals surface area contributed by atoms with Crippen molar-refractivity contribution in [1.82, 2.24) is 9.80 Å². The van der Waals surface area contributed by atoms with Crippen molar-refractivity contribution in [2.45, 2.75) is 11.6 Å². The van der Waals surface area contributed by atoms with Gasteiger partial charge in [-0.25, -0.2) is 0 Å². The molecule has 0 aromatic heterocycles. The maximum atomic E-state index is 13.2. The summed E-state index contributed by atoms with van der Waals surface area (Å²) in [7, 11) is 5.92. The van der Waals surface area contributed by atoms with Gasteiger partial charge in [-0.15, -0.1) is 0 Å². The molecule has 3 aromatic rings. The standard InChI is InChI=1S/C29H37N4O/c1-31(2)28(34)29(30,26-17-11-6-12-18-26)23-32-19-21-33(3,22-20-32)27(24-13-7-4-8-14-24)25-15-9-5-10-16-25/h4-18,27H,19-23,30H2,1-3H3/q+1. The molecule has 0 spiro atoms.